The molecule has 0 unspecified atom stereocenters. The van der Waals surface area contributed by atoms with E-state index in [9.17, 15) is 5.26 Å². The van der Waals surface area contributed by atoms with Gasteiger partial charge in [-0.2, -0.15) is 5.26 Å². The molecule has 0 atom stereocenters. The van der Waals surface area contributed by atoms with E-state index in [4.69, 9.17) is 5.73 Å². The van der Waals surface area contributed by atoms with Gasteiger partial charge in [-0.3, -0.25) is 4.40 Å². The van der Waals surface area contributed by atoms with E-state index in [1.807, 2.05) is 59.9 Å². The van der Waals surface area contributed by atoms with Gasteiger partial charge in [0.2, 0.25) is 0 Å². The number of anilines is 2. The van der Waals surface area contributed by atoms with Gasteiger partial charge in [0.25, 0.3) is 0 Å². The number of pyridine rings is 1. The third-order valence-corrected chi connectivity index (χ3v) is 3.46. The maximum absolute atomic E-state index is 9.23. The van der Waals surface area contributed by atoms with E-state index in [2.05, 4.69) is 11.1 Å². The van der Waals surface area contributed by atoms with Crippen molar-refractivity contribution in [2.45, 2.75) is 0 Å². The predicted octanol–water partition coefficient (Wildman–Crippen LogP) is 2.52. The molecule has 0 spiro atoms. The highest BCUT2D eigenvalue weighted by molar-refractivity contribution is 5.79. The van der Waals surface area contributed by atoms with Gasteiger partial charge in [0.15, 0.2) is 0 Å². The molecule has 1 aromatic carbocycles. The van der Waals surface area contributed by atoms with Crippen molar-refractivity contribution in [3.63, 3.8) is 0 Å². The monoisotopic (exact) mass is 277 g/mol. The molecule has 0 aliphatic heterocycles. The molecule has 2 aromatic heterocycles. The molecule has 0 saturated carbocycles. The average molecular weight is 277 g/mol. The van der Waals surface area contributed by atoms with E-state index in [1.165, 1.54) is 0 Å². The molecule has 3 rings (SSSR count). The van der Waals surface area contributed by atoms with Crippen molar-refractivity contribution < 1.29 is 0 Å². The summed E-state index contributed by atoms with van der Waals surface area (Å²) in [6.07, 6.45) is 1.94. The van der Waals surface area contributed by atoms with Gasteiger partial charge in [-0.1, -0.05) is 18.2 Å². The van der Waals surface area contributed by atoms with Crippen LogP contribution in [0.25, 0.3) is 16.9 Å². The van der Waals surface area contributed by atoms with Crippen LogP contribution in [0.2, 0.25) is 0 Å². The predicted molar refractivity (Wildman–Crippen MR) is 84.1 cm³/mol. The van der Waals surface area contributed by atoms with Crippen LogP contribution in [-0.4, -0.2) is 23.5 Å². The first-order chi connectivity index (χ1) is 10.1. The Kier molecular flexibility index (Phi) is 2.99. The molecule has 3 aromatic rings. The van der Waals surface area contributed by atoms with Gasteiger partial charge >= 0.3 is 0 Å². The van der Waals surface area contributed by atoms with Gasteiger partial charge in [0.05, 0.1) is 17.3 Å². The smallest absolute Gasteiger partial charge is 0.139 e. The molecular formula is C16H15N5. The van der Waals surface area contributed by atoms with Crippen LogP contribution in [-0.2, 0) is 0 Å². The summed E-state index contributed by atoms with van der Waals surface area (Å²) < 4.78 is 1.85. The zero-order valence-electron chi connectivity index (χ0n) is 11.9. The standard InChI is InChI=1S/C16H15N5/c1-20(2)12-7-8-14-19-15(16(18)21(14)10-12)13-6-4-3-5-11(13)9-17/h3-8,10H,18H2,1-2H3. The molecule has 5 heteroatoms. The molecule has 0 radical (unpaired) electrons. The number of aromatic nitrogens is 2. The minimum Gasteiger partial charge on any atom is -0.383 e. The van der Waals surface area contributed by atoms with Gasteiger partial charge in [-0.25, -0.2) is 4.98 Å². The van der Waals surface area contributed by atoms with Gasteiger partial charge in [-0.05, 0) is 18.2 Å². The average Bonchev–Trinajstić information content (AvgIpc) is 2.83. The quantitative estimate of drug-likeness (QED) is 0.781. The van der Waals surface area contributed by atoms with Crippen molar-refractivity contribution >= 4 is 17.2 Å². The fourth-order valence-electron chi connectivity index (χ4n) is 2.30. The number of hydrogen-bond donors (Lipinski definition) is 1. The summed E-state index contributed by atoms with van der Waals surface area (Å²) in [4.78, 5) is 6.56. The number of benzene rings is 1. The highest BCUT2D eigenvalue weighted by Gasteiger charge is 2.14. The summed E-state index contributed by atoms with van der Waals surface area (Å²) in [5.74, 6) is 0.538. The van der Waals surface area contributed by atoms with Crippen molar-refractivity contribution in [3.05, 3.63) is 48.2 Å². The van der Waals surface area contributed by atoms with E-state index in [0.29, 0.717) is 17.1 Å². The number of nitriles is 1. The lowest BCUT2D eigenvalue weighted by Gasteiger charge is -2.12. The fraction of sp³-hybridized carbons (Fsp3) is 0.125. The molecule has 104 valence electrons. The van der Waals surface area contributed by atoms with Gasteiger partial charge in [0, 0.05) is 25.9 Å². The largest absolute Gasteiger partial charge is 0.383 e. The second-order valence-electron chi connectivity index (χ2n) is 5.01. The summed E-state index contributed by atoms with van der Waals surface area (Å²) in [5, 5.41) is 9.23. The van der Waals surface area contributed by atoms with Crippen molar-refractivity contribution in [1.29, 1.82) is 5.26 Å². The Morgan fingerprint density at radius 2 is 1.95 bits per heavy atom. The third kappa shape index (κ3) is 2.07. The van der Waals surface area contributed by atoms with Crippen LogP contribution in [0.3, 0.4) is 0 Å². The summed E-state index contributed by atoms with van der Waals surface area (Å²) in [6.45, 7) is 0. The first-order valence-electron chi connectivity index (χ1n) is 6.56. The minimum atomic E-state index is 0.538. The number of imidazole rings is 1. The maximum atomic E-state index is 9.23. The van der Waals surface area contributed by atoms with Gasteiger partial charge in [-0.15, -0.1) is 0 Å². The normalized spacial score (nSPS) is 10.5. The lowest BCUT2D eigenvalue weighted by Crippen LogP contribution is -2.09. The summed E-state index contributed by atoms with van der Waals surface area (Å²) in [5.41, 5.74) is 10.0. The highest BCUT2D eigenvalue weighted by atomic mass is 15.1. The molecule has 0 fully saturated rings. The molecule has 2 N–H and O–H groups in total. The maximum Gasteiger partial charge on any atom is 0.139 e. The molecule has 0 aliphatic rings. The van der Waals surface area contributed by atoms with E-state index in [0.717, 1.165) is 16.9 Å². The van der Waals surface area contributed by atoms with Gasteiger partial charge < -0.3 is 10.6 Å². The Bertz CT molecular complexity index is 855. The molecular weight excluding hydrogens is 262 g/mol. The SMILES string of the molecule is CN(C)c1ccc2nc(-c3ccccc3C#N)c(N)n2c1. The molecule has 0 amide bonds. The van der Waals surface area contributed by atoms with Crippen molar-refractivity contribution in [2.24, 2.45) is 0 Å². The summed E-state index contributed by atoms with van der Waals surface area (Å²) in [6, 6.07) is 13.4. The van der Waals surface area contributed by atoms with Crippen LogP contribution < -0.4 is 10.6 Å². The lowest BCUT2D eigenvalue weighted by molar-refractivity contribution is 1.09. The summed E-state index contributed by atoms with van der Waals surface area (Å²) in [7, 11) is 3.94. The third-order valence-electron chi connectivity index (χ3n) is 3.46. The van der Waals surface area contributed by atoms with E-state index < -0.39 is 0 Å². The zero-order valence-corrected chi connectivity index (χ0v) is 11.9. The molecule has 0 aliphatic carbocycles. The summed E-state index contributed by atoms with van der Waals surface area (Å²) >= 11 is 0. The van der Waals surface area contributed by atoms with Crippen LogP contribution >= 0.6 is 0 Å². The van der Waals surface area contributed by atoms with E-state index in [-0.39, 0.29) is 0 Å². The number of fused-ring (bicyclic) bond motifs is 1. The van der Waals surface area contributed by atoms with Crippen molar-refractivity contribution in [3.8, 4) is 17.3 Å². The molecule has 0 bridgehead atoms. The lowest BCUT2D eigenvalue weighted by atomic mass is 10.1. The first kappa shape index (κ1) is 13.0. The van der Waals surface area contributed by atoms with Crippen LogP contribution in [0.15, 0.2) is 42.6 Å². The Labute approximate surface area is 122 Å². The molecule has 5 nitrogen and oxygen atoms in total. The molecule has 0 saturated heterocycles. The number of nitrogens with two attached hydrogens (primary N) is 1. The topological polar surface area (TPSA) is 70.3 Å². The van der Waals surface area contributed by atoms with Crippen LogP contribution in [0.4, 0.5) is 11.5 Å². The number of rotatable bonds is 2. The fourth-order valence-corrected chi connectivity index (χ4v) is 2.30. The number of nitrogen functional groups attached to an aromatic ring is 1. The van der Waals surface area contributed by atoms with E-state index in [1.54, 1.807) is 6.07 Å². The second kappa shape index (κ2) is 4.84. The number of hydrogen-bond acceptors (Lipinski definition) is 4. The Morgan fingerprint density at radius 3 is 2.67 bits per heavy atom. The van der Waals surface area contributed by atoms with Gasteiger partial charge in [0.1, 0.15) is 17.2 Å². The Hall–Kier alpha value is -3.00. The second-order valence-corrected chi connectivity index (χ2v) is 5.01. The zero-order chi connectivity index (χ0) is 15.0. The number of nitrogens with zero attached hydrogens (tertiary/aromatic N) is 4. The first-order valence-corrected chi connectivity index (χ1v) is 6.56. The Morgan fingerprint density at radius 1 is 1.19 bits per heavy atom. The van der Waals surface area contributed by atoms with Crippen LogP contribution in [0, 0.1) is 11.3 Å². The van der Waals surface area contributed by atoms with Crippen LogP contribution in [0.1, 0.15) is 5.56 Å². The van der Waals surface area contributed by atoms with Crippen molar-refractivity contribution in [1.82, 2.24) is 9.38 Å². The van der Waals surface area contributed by atoms with Crippen LogP contribution in [0.5, 0.6) is 0 Å². The van der Waals surface area contributed by atoms with E-state index >= 15 is 0 Å². The Balaban J connectivity index is 2.25. The van der Waals surface area contributed by atoms with Crippen molar-refractivity contribution in [2.75, 3.05) is 24.7 Å². The molecule has 2 heterocycles. The molecule has 21 heavy (non-hydrogen) atoms. The minimum absolute atomic E-state index is 0.538. The highest BCUT2D eigenvalue weighted by Crippen LogP contribution is 2.29.